The number of nitrogens with two attached hydrogens (primary N) is 1. The monoisotopic (exact) mass is 471 g/mol. The number of unbranched alkanes of at least 4 members (excludes halogenated alkanes) is 12. The van der Waals surface area contributed by atoms with Crippen molar-refractivity contribution < 1.29 is 0 Å². The molecule has 0 heterocycles. The zero-order valence-electron chi connectivity index (χ0n) is 22.6. The van der Waals surface area contributed by atoms with Crippen LogP contribution in [0.25, 0.3) is 21.9 Å². The summed E-state index contributed by atoms with van der Waals surface area (Å²) in [7, 11) is 0. The SMILES string of the molecule is CCCCCCCCCc1c(-c2ccccc2)c(N)c2ccccc2c1CCCCCCCCC. The number of hydrogen-bond donors (Lipinski definition) is 1. The Morgan fingerprint density at radius 1 is 0.486 bits per heavy atom. The van der Waals surface area contributed by atoms with Crippen LogP contribution in [0.3, 0.4) is 0 Å². The van der Waals surface area contributed by atoms with Gasteiger partial charge in [-0.25, -0.2) is 0 Å². The molecule has 0 saturated carbocycles. The maximum atomic E-state index is 6.93. The van der Waals surface area contributed by atoms with Gasteiger partial charge in [0.1, 0.15) is 0 Å². The Bertz CT molecular complexity index is 988. The lowest BCUT2D eigenvalue weighted by Gasteiger charge is -2.21. The second-order valence-corrected chi connectivity index (χ2v) is 10.4. The number of nitrogen functional groups attached to an aromatic ring is 1. The zero-order chi connectivity index (χ0) is 24.7. The van der Waals surface area contributed by atoms with Gasteiger partial charge in [0.15, 0.2) is 0 Å². The number of fused-ring (bicyclic) bond motifs is 1. The minimum Gasteiger partial charge on any atom is -0.398 e. The fourth-order valence-corrected chi connectivity index (χ4v) is 5.61. The van der Waals surface area contributed by atoms with Crippen LogP contribution in [0.15, 0.2) is 54.6 Å². The number of anilines is 1. The molecule has 3 aromatic rings. The largest absolute Gasteiger partial charge is 0.398 e. The van der Waals surface area contributed by atoms with Crippen molar-refractivity contribution in [1.29, 1.82) is 0 Å². The van der Waals surface area contributed by atoms with Crippen LogP contribution >= 0.6 is 0 Å². The fourth-order valence-electron chi connectivity index (χ4n) is 5.61. The summed E-state index contributed by atoms with van der Waals surface area (Å²) in [6.07, 6.45) is 21.2. The van der Waals surface area contributed by atoms with Crippen LogP contribution in [-0.4, -0.2) is 0 Å². The molecule has 0 saturated heterocycles. The molecule has 35 heavy (non-hydrogen) atoms. The van der Waals surface area contributed by atoms with Crippen molar-refractivity contribution in [3.8, 4) is 11.1 Å². The highest BCUT2D eigenvalue weighted by Gasteiger charge is 2.18. The van der Waals surface area contributed by atoms with Crippen molar-refractivity contribution in [2.75, 3.05) is 5.73 Å². The average Bonchev–Trinajstić information content (AvgIpc) is 2.89. The Kier molecular flexibility index (Phi) is 12.2. The Morgan fingerprint density at radius 2 is 0.943 bits per heavy atom. The zero-order valence-corrected chi connectivity index (χ0v) is 22.6. The predicted molar refractivity (Wildman–Crippen MR) is 157 cm³/mol. The van der Waals surface area contributed by atoms with E-state index in [4.69, 9.17) is 5.73 Å². The minimum atomic E-state index is 0.966. The van der Waals surface area contributed by atoms with Gasteiger partial charge in [-0.1, -0.05) is 145 Å². The highest BCUT2D eigenvalue weighted by atomic mass is 14.6. The van der Waals surface area contributed by atoms with E-state index in [9.17, 15) is 0 Å². The summed E-state index contributed by atoms with van der Waals surface area (Å²) in [6.45, 7) is 4.59. The van der Waals surface area contributed by atoms with Gasteiger partial charge in [0.2, 0.25) is 0 Å². The highest BCUT2D eigenvalue weighted by Crippen LogP contribution is 2.40. The molecule has 0 radical (unpaired) electrons. The molecule has 0 atom stereocenters. The average molecular weight is 472 g/mol. The van der Waals surface area contributed by atoms with Gasteiger partial charge in [0.05, 0.1) is 0 Å². The first-order chi connectivity index (χ1) is 17.3. The topological polar surface area (TPSA) is 26.0 Å². The summed E-state index contributed by atoms with van der Waals surface area (Å²) in [5.41, 5.74) is 13.6. The van der Waals surface area contributed by atoms with Gasteiger partial charge in [-0.05, 0) is 47.8 Å². The summed E-state index contributed by atoms with van der Waals surface area (Å²) < 4.78 is 0. The summed E-state index contributed by atoms with van der Waals surface area (Å²) in [5.74, 6) is 0. The van der Waals surface area contributed by atoms with Crippen LogP contribution in [0.1, 0.15) is 115 Å². The van der Waals surface area contributed by atoms with E-state index in [2.05, 4.69) is 68.4 Å². The molecule has 3 aromatic carbocycles. The number of rotatable bonds is 17. The fraction of sp³-hybridized carbons (Fsp3) is 0.529. The molecule has 1 heteroatoms. The molecule has 0 aliphatic carbocycles. The van der Waals surface area contributed by atoms with E-state index >= 15 is 0 Å². The van der Waals surface area contributed by atoms with Crippen molar-refractivity contribution in [3.05, 3.63) is 65.7 Å². The van der Waals surface area contributed by atoms with E-state index in [0.717, 1.165) is 12.1 Å². The minimum absolute atomic E-state index is 0.966. The maximum absolute atomic E-state index is 6.93. The van der Waals surface area contributed by atoms with Crippen LogP contribution in [-0.2, 0) is 12.8 Å². The van der Waals surface area contributed by atoms with Crippen molar-refractivity contribution >= 4 is 16.5 Å². The third-order valence-corrected chi connectivity index (χ3v) is 7.60. The van der Waals surface area contributed by atoms with Gasteiger partial charge >= 0.3 is 0 Å². The van der Waals surface area contributed by atoms with Gasteiger partial charge in [-0.2, -0.15) is 0 Å². The first-order valence-corrected chi connectivity index (χ1v) is 14.6. The number of aryl methyl sites for hydroxylation is 1. The van der Waals surface area contributed by atoms with Gasteiger partial charge in [-0.3, -0.25) is 0 Å². The Balaban J connectivity index is 1.86. The second kappa shape index (κ2) is 15.7. The molecule has 2 N–H and O–H groups in total. The summed E-state index contributed by atoms with van der Waals surface area (Å²) >= 11 is 0. The third-order valence-electron chi connectivity index (χ3n) is 7.60. The van der Waals surface area contributed by atoms with Crippen LogP contribution in [0.2, 0.25) is 0 Å². The summed E-state index contributed by atoms with van der Waals surface area (Å²) in [5, 5.41) is 2.61. The molecular weight excluding hydrogens is 422 g/mol. The molecule has 0 fully saturated rings. The number of benzene rings is 3. The Morgan fingerprint density at radius 3 is 1.51 bits per heavy atom. The van der Waals surface area contributed by atoms with E-state index in [0.29, 0.717) is 0 Å². The van der Waals surface area contributed by atoms with Gasteiger partial charge < -0.3 is 5.73 Å². The van der Waals surface area contributed by atoms with Crippen LogP contribution in [0, 0.1) is 0 Å². The molecule has 0 aliphatic heterocycles. The van der Waals surface area contributed by atoms with Crippen LogP contribution in [0.4, 0.5) is 5.69 Å². The Hall–Kier alpha value is -2.28. The Labute approximate surface area is 215 Å². The van der Waals surface area contributed by atoms with Crippen molar-refractivity contribution in [2.24, 2.45) is 0 Å². The van der Waals surface area contributed by atoms with Gasteiger partial charge in [0.25, 0.3) is 0 Å². The smallest absolute Gasteiger partial charge is 0.0476 e. The van der Waals surface area contributed by atoms with Gasteiger partial charge in [-0.15, -0.1) is 0 Å². The quantitative estimate of drug-likeness (QED) is 0.154. The molecule has 0 spiro atoms. The molecule has 0 aliphatic rings. The second-order valence-electron chi connectivity index (χ2n) is 10.4. The van der Waals surface area contributed by atoms with E-state index in [1.54, 1.807) is 5.56 Å². The van der Waals surface area contributed by atoms with E-state index in [-0.39, 0.29) is 0 Å². The maximum Gasteiger partial charge on any atom is 0.0476 e. The molecular formula is C34H49N. The molecule has 0 aromatic heterocycles. The first kappa shape index (κ1) is 27.3. The lowest BCUT2D eigenvalue weighted by Crippen LogP contribution is -2.05. The summed E-state index contributed by atoms with van der Waals surface area (Å²) in [4.78, 5) is 0. The van der Waals surface area contributed by atoms with Crippen LogP contribution in [0.5, 0.6) is 0 Å². The van der Waals surface area contributed by atoms with Crippen molar-refractivity contribution in [3.63, 3.8) is 0 Å². The first-order valence-electron chi connectivity index (χ1n) is 14.6. The highest BCUT2D eigenvalue weighted by molar-refractivity contribution is 6.04. The normalized spacial score (nSPS) is 11.4. The molecule has 0 unspecified atom stereocenters. The summed E-state index contributed by atoms with van der Waals surface area (Å²) in [6, 6.07) is 19.8. The lowest BCUT2D eigenvalue weighted by molar-refractivity contribution is 0.584. The predicted octanol–water partition coefficient (Wildman–Crippen LogP) is 10.7. The van der Waals surface area contributed by atoms with Crippen molar-refractivity contribution in [1.82, 2.24) is 0 Å². The molecule has 3 rings (SSSR count). The van der Waals surface area contributed by atoms with E-state index < -0.39 is 0 Å². The number of hydrogen-bond acceptors (Lipinski definition) is 1. The lowest BCUT2D eigenvalue weighted by atomic mass is 9.84. The molecule has 190 valence electrons. The standard InChI is InChI=1S/C34H49N/c1-3-5-7-9-11-13-18-24-29-30-25-20-21-27-32(30)34(35)33(28-22-16-15-17-23-28)31(29)26-19-14-12-10-8-6-4-2/h15-17,20-23,25,27H,3-14,18-19,24,26,35H2,1-2H3. The van der Waals surface area contributed by atoms with Crippen LogP contribution < -0.4 is 5.73 Å². The van der Waals surface area contributed by atoms with E-state index in [1.807, 2.05) is 0 Å². The molecule has 0 amide bonds. The molecule has 0 bridgehead atoms. The van der Waals surface area contributed by atoms with Gasteiger partial charge in [0, 0.05) is 16.6 Å². The third kappa shape index (κ3) is 8.13. The van der Waals surface area contributed by atoms with E-state index in [1.165, 1.54) is 124 Å². The van der Waals surface area contributed by atoms with Crippen molar-refractivity contribution in [2.45, 2.75) is 117 Å². The molecule has 1 nitrogen and oxygen atoms in total.